The minimum atomic E-state index is -3.44. The molecule has 3 aromatic rings. The lowest BCUT2D eigenvalue weighted by Crippen LogP contribution is -2.25. The molecule has 1 aromatic heterocycles. The summed E-state index contributed by atoms with van der Waals surface area (Å²) in [5.74, 6) is -0.103. The van der Waals surface area contributed by atoms with Crippen LogP contribution in [0.15, 0.2) is 53.7 Å². The monoisotopic (exact) mass is 372 g/mol. The molecule has 2 aromatic carbocycles. The van der Waals surface area contributed by atoms with E-state index in [0.717, 1.165) is 22.2 Å². The van der Waals surface area contributed by atoms with Gasteiger partial charge < -0.3 is 10.3 Å². The quantitative estimate of drug-likeness (QED) is 0.688. The number of benzene rings is 2. The summed E-state index contributed by atoms with van der Waals surface area (Å²) in [6, 6.07) is 12.2. The first-order chi connectivity index (χ1) is 12.4. The van der Waals surface area contributed by atoms with Crippen LogP contribution in [0.1, 0.15) is 11.1 Å². The van der Waals surface area contributed by atoms with E-state index in [1.165, 1.54) is 18.4 Å². The van der Waals surface area contributed by atoms with Crippen LogP contribution in [0.3, 0.4) is 0 Å². The van der Waals surface area contributed by atoms with Gasteiger partial charge in [0.25, 0.3) is 0 Å². The van der Waals surface area contributed by atoms with Gasteiger partial charge in [-0.15, -0.1) is 0 Å². The van der Waals surface area contributed by atoms with Gasteiger partial charge in [-0.25, -0.2) is 17.7 Å². The van der Waals surface area contributed by atoms with E-state index >= 15 is 0 Å². The summed E-state index contributed by atoms with van der Waals surface area (Å²) in [7, 11) is -0.461. The van der Waals surface area contributed by atoms with Gasteiger partial charge in [0, 0.05) is 20.6 Å². The maximum atomic E-state index is 12.1. The van der Waals surface area contributed by atoms with Gasteiger partial charge in [-0.2, -0.15) is 0 Å². The van der Waals surface area contributed by atoms with Gasteiger partial charge in [-0.05, 0) is 35.4 Å². The van der Waals surface area contributed by atoms with E-state index in [9.17, 15) is 13.2 Å². The molecule has 0 aliphatic heterocycles. The van der Waals surface area contributed by atoms with Gasteiger partial charge in [0.1, 0.15) is 0 Å². The summed E-state index contributed by atoms with van der Waals surface area (Å²) in [6.07, 6.45) is 1.89. The van der Waals surface area contributed by atoms with Gasteiger partial charge in [0.15, 0.2) is 0 Å². The first-order valence-electron chi connectivity index (χ1n) is 8.06. The largest absolute Gasteiger partial charge is 0.352 e. The Kier molecular flexibility index (Phi) is 5.06. The lowest BCUT2D eigenvalue weighted by atomic mass is 10.1. The molecule has 0 atom stereocenters. The zero-order valence-corrected chi connectivity index (χ0v) is 15.4. The number of rotatable bonds is 6. The number of aromatic nitrogens is 2. The van der Waals surface area contributed by atoms with Crippen LogP contribution in [0.5, 0.6) is 0 Å². The molecule has 0 radical (unpaired) electrons. The van der Waals surface area contributed by atoms with Crippen molar-refractivity contribution in [1.29, 1.82) is 0 Å². The van der Waals surface area contributed by atoms with Crippen LogP contribution in [0.4, 0.5) is 0 Å². The van der Waals surface area contributed by atoms with Crippen molar-refractivity contribution in [3.63, 3.8) is 0 Å². The highest BCUT2D eigenvalue weighted by Crippen LogP contribution is 2.14. The molecule has 7 nitrogen and oxygen atoms in total. The van der Waals surface area contributed by atoms with Gasteiger partial charge in [-0.1, -0.05) is 18.2 Å². The van der Waals surface area contributed by atoms with E-state index in [2.05, 4.69) is 15.3 Å². The Morgan fingerprint density at radius 3 is 2.50 bits per heavy atom. The van der Waals surface area contributed by atoms with Crippen LogP contribution in [-0.2, 0) is 27.8 Å². The van der Waals surface area contributed by atoms with E-state index in [1.54, 1.807) is 30.6 Å². The first kappa shape index (κ1) is 18.1. The Morgan fingerprint density at radius 2 is 1.81 bits per heavy atom. The Balaban J connectivity index is 1.59. The van der Waals surface area contributed by atoms with Gasteiger partial charge in [0.2, 0.25) is 15.9 Å². The lowest BCUT2D eigenvalue weighted by Gasteiger charge is -2.12. The van der Waals surface area contributed by atoms with Gasteiger partial charge in [0.05, 0.1) is 28.7 Å². The third kappa shape index (κ3) is 3.92. The normalized spacial score (nSPS) is 11.8. The number of carbonyl (C=O) groups excluding carboxylic acids is 1. The number of imidazole rings is 1. The molecule has 0 saturated carbocycles. The molecule has 0 aliphatic rings. The summed E-state index contributed by atoms with van der Waals surface area (Å²) in [4.78, 5) is 19.5. The molecule has 0 fully saturated rings. The molecular formula is C18H20N4O3S. The fourth-order valence-corrected chi connectivity index (χ4v) is 3.43. The summed E-state index contributed by atoms with van der Waals surface area (Å²) >= 11 is 0. The number of aromatic amines is 1. The third-order valence-electron chi connectivity index (χ3n) is 4.04. The number of hydrogen-bond acceptors (Lipinski definition) is 4. The predicted octanol–water partition coefficient (Wildman–Crippen LogP) is 1.67. The van der Waals surface area contributed by atoms with Crippen molar-refractivity contribution in [3.05, 3.63) is 59.9 Å². The highest BCUT2D eigenvalue weighted by atomic mass is 32.2. The Morgan fingerprint density at radius 1 is 1.12 bits per heavy atom. The van der Waals surface area contributed by atoms with Crippen LogP contribution in [0, 0.1) is 0 Å². The zero-order chi connectivity index (χ0) is 18.7. The number of fused-ring (bicyclic) bond motifs is 1. The highest BCUT2D eigenvalue weighted by molar-refractivity contribution is 7.89. The van der Waals surface area contributed by atoms with Crippen molar-refractivity contribution in [1.82, 2.24) is 19.6 Å². The fraction of sp³-hybridized carbons (Fsp3) is 0.222. The minimum Gasteiger partial charge on any atom is -0.352 e. The zero-order valence-electron chi connectivity index (χ0n) is 14.6. The second-order valence-corrected chi connectivity index (χ2v) is 8.29. The maximum absolute atomic E-state index is 12.1. The number of carbonyl (C=O) groups is 1. The van der Waals surface area contributed by atoms with Crippen molar-refractivity contribution in [3.8, 4) is 0 Å². The van der Waals surface area contributed by atoms with Crippen LogP contribution in [0.2, 0.25) is 0 Å². The summed E-state index contributed by atoms with van der Waals surface area (Å²) < 4.78 is 25.2. The number of H-pyrrole nitrogens is 1. The van der Waals surface area contributed by atoms with Gasteiger partial charge >= 0.3 is 0 Å². The van der Waals surface area contributed by atoms with Crippen molar-refractivity contribution in [2.24, 2.45) is 0 Å². The van der Waals surface area contributed by atoms with E-state index in [1.807, 2.05) is 18.2 Å². The topological polar surface area (TPSA) is 95.2 Å². The molecule has 136 valence electrons. The standard InChI is InChI=1S/C18H20N4O3S/c1-22(2)26(24,25)15-6-3-13(4-7-15)11-19-18(23)10-14-5-8-16-17(9-14)21-12-20-16/h3-9,12H,10-11H2,1-2H3,(H,19,23)(H,20,21). The molecule has 1 amide bonds. The van der Waals surface area contributed by atoms with E-state index in [4.69, 9.17) is 0 Å². The SMILES string of the molecule is CN(C)S(=O)(=O)c1ccc(CNC(=O)Cc2ccc3nc[nH]c3c2)cc1. The number of hydrogen-bond donors (Lipinski definition) is 2. The summed E-state index contributed by atoms with van der Waals surface area (Å²) in [5, 5.41) is 2.85. The van der Waals surface area contributed by atoms with E-state index in [0.29, 0.717) is 6.54 Å². The van der Waals surface area contributed by atoms with Crippen LogP contribution in [0.25, 0.3) is 11.0 Å². The average Bonchev–Trinajstić information content (AvgIpc) is 3.08. The Bertz CT molecular complexity index is 1020. The van der Waals surface area contributed by atoms with E-state index < -0.39 is 10.0 Å². The van der Waals surface area contributed by atoms with Crippen LogP contribution >= 0.6 is 0 Å². The first-order valence-corrected chi connectivity index (χ1v) is 9.50. The smallest absolute Gasteiger partial charge is 0.242 e. The molecule has 8 heteroatoms. The molecule has 0 spiro atoms. The number of nitrogens with zero attached hydrogens (tertiary/aromatic N) is 2. The molecule has 3 rings (SSSR count). The molecule has 0 aliphatic carbocycles. The van der Waals surface area contributed by atoms with Crippen LogP contribution in [-0.4, -0.2) is 42.7 Å². The molecular weight excluding hydrogens is 352 g/mol. The Hall–Kier alpha value is -2.71. The fourth-order valence-electron chi connectivity index (χ4n) is 2.53. The second kappa shape index (κ2) is 7.27. The third-order valence-corrected chi connectivity index (χ3v) is 5.87. The van der Waals surface area contributed by atoms with E-state index in [-0.39, 0.29) is 17.2 Å². The molecule has 0 bridgehead atoms. The van der Waals surface area contributed by atoms with Gasteiger partial charge in [-0.3, -0.25) is 4.79 Å². The molecule has 0 unspecified atom stereocenters. The lowest BCUT2D eigenvalue weighted by molar-refractivity contribution is -0.120. The van der Waals surface area contributed by atoms with Crippen molar-refractivity contribution >= 4 is 27.0 Å². The molecule has 2 N–H and O–H groups in total. The van der Waals surface area contributed by atoms with Crippen molar-refractivity contribution in [2.45, 2.75) is 17.9 Å². The number of nitrogens with one attached hydrogen (secondary N) is 2. The highest BCUT2D eigenvalue weighted by Gasteiger charge is 2.16. The molecule has 0 saturated heterocycles. The van der Waals surface area contributed by atoms with Crippen molar-refractivity contribution < 1.29 is 13.2 Å². The molecule has 26 heavy (non-hydrogen) atoms. The Labute approximate surface area is 152 Å². The maximum Gasteiger partial charge on any atom is 0.242 e. The minimum absolute atomic E-state index is 0.103. The average molecular weight is 372 g/mol. The second-order valence-electron chi connectivity index (χ2n) is 6.14. The number of amides is 1. The summed E-state index contributed by atoms with van der Waals surface area (Å²) in [5.41, 5.74) is 3.49. The molecule has 1 heterocycles. The number of sulfonamides is 1. The van der Waals surface area contributed by atoms with Crippen molar-refractivity contribution in [2.75, 3.05) is 14.1 Å². The summed E-state index contributed by atoms with van der Waals surface area (Å²) in [6.45, 7) is 0.341. The van der Waals surface area contributed by atoms with Crippen LogP contribution < -0.4 is 5.32 Å². The predicted molar refractivity (Wildman–Crippen MR) is 99.0 cm³/mol.